The summed E-state index contributed by atoms with van der Waals surface area (Å²) in [4.78, 5) is 34.8. The van der Waals surface area contributed by atoms with Gasteiger partial charge in [-0.25, -0.2) is 0 Å². The molecule has 1 aliphatic heterocycles. The minimum absolute atomic E-state index is 0.0560. The molecule has 1 aromatic heterocycles. The second-order valence-electron chi connectivity index (χ2n) is 11.0. The number of rotatable bonds is 10. The molecule has 3 aromatic rings. The van der Waals surface area contributed by atoms with Gasteiger partial charge < -0.3 is 25.6 Å². The van der Waals surface area contributed by atoms with Gasteiger partial charge in [0.25, 0.3) is 5.91 Å². The number of carbonyl (C=O) groups excluding carboxylic acids is 2. The van der Waals surface area contributed by atoms with E-state index in [1.165, 1.54) is 6.42 Å². The molecular formula is C33H41N5O3. The Bertz CT molecular complexity index is 1300. The van der Waals surface area contributed by atoms with Crippen LogP contribution in [0.25, 0.3) is 11.1 Å². The second kappa shape index (κ2) is 14.2. The Morgan fingerprint density at radius 1 is 1.00 bits per heavy atom. The molecule has 1 saturated heterocycles. The van der Waals surface area contributed by atoms with Crippen LogP contribution in [-0.2, 0) is 16.1 Å². The van der Waals surface area contributed by atoms with Crippen molar-refractivity contribution in [2.45, 2.75) is 45.1 Å². The van der Waals surface area contributed by atoms with E-state index in [1.807, 2.05) is 17.0 Å². The highest BCUT2D eigenvalue weighted by Gasteiger charge is 2.24. The Morgan fingerprint density at radius 2 is 1.80 bits per heavy atom. The predicted molar refractivity (Wildman–Crippen MR) is 163 cm³/mol. The van der Waals surface area contributed by atoms with Gasteiger partial charge in [-0.3, -0.25) is 14.6 Å². The molecule has 2 heterocycles. The molecule has 2 aliphatic rings. The van der Waals surface area contributed by atoms with Crippen molar-refractivity contribution in [2.75, 3.05) is 49.6 Å². The van der Waals surface area contributed by atoms with Crippen molar-refractivity contribution in [3.05, 3.63) is 78.1 Å². The van der Waals surface area contributed by atoms with E-state index in [4.69, 9.17) is 10.5 Å². The van der Waals surface area contributed by atoms with Gasteiger partial charge in [0.15, 0.2) is 0 Å². The fourth-order valence-electron chi connectivity index (χ4n) is 5.77. The number of nitrogens with one attached hydrogen (secondary N) is 1. The summed E-state index contributed by atoms with van der Waals surface area (Å²) in [6.45, 7) is 4.51. The number of carbonyl (C=O) groups is 2. The minimum Gasteiger partial charge on any atom is -0.378 e. The molecule has 2 aromatic carbocycles. The molecule has 5 rings (SSSR count). The SMILES string of the molecule is NCCCN(Cc1cccc(-c2ccc(N3CCOCC3)c(NC(=O)C3CCCCC3)c2)c1)C(=O)c1cccnc1. The van der Waals surface area contributed by atoms with Crippen LogP contribution in [0.2, 0.25) is 0 Å². The average Bonchev–Trinajstić information content (AvgIpc) is 3.04. The van der Waals surface area contributed by atoms with Crippen LogP contribution in [0.15, 0.2) is 67.0 Å². The molecule has 0 bridgehead atoms. The van der Waals surface area contributed by atoms with Crippen LogP contribution in [0.3, 0.4) is 0 Å². The summed E-state index contributed by atoms with van der Waals surface area (Å²) in [5.41, 5.74) is 11.3. The number of benzene rings is 2. The average molecular weight is 556 g/mol. The zero-order valence-electron chi connectivity index (χ0n) is 23.8. The summed E-state index contributed by atoms with van der Waals surface area (Å²) in [5.74, 6) is 0.138. The zero-order chi connectivity index (χ0) is 28.4. The number of hydrogen-bond acceptors (Lipinski definition) is 6. The van der Waals surface area contributed by atoms with Gasteiger partial charge in [-0.15, -0.1) is 0 Å². The maximum atomic E-state index is 13.3. The monoisotopic (exact) mass is 555 g/mol. The Kier molecular flexibility index (Phi) is 9.99. The fourth-order valence-corrected chi connectivity index (χ4v) is 5.77. The molecule has 41 heavy (non-hydrogen) atoms. The number of aromatic nitrogens is 1. The van der Waals surface area contributed by atoms with Crippen LogP contribution in [-0.4, -0.2) is 61.1 Å². The Morgan fingerprint density at radius 3 is 2.56 bits per heavy atom. The quantitative estimate of drug-likeness (QED) is 0.361. The van der Waals surface area contributed by atoms with Gasteiger partial charge >= 0.3 is 0 Å². The summed E-state index contributed by atoms with van der Waals surface area (Å²) < 4.78 is 5.58. The number of amides is 2. The molecule has 1 aliphatic carbocycles. The molecule has 0 unspecified atom stereocenters. The van der Waals surface area contributed by atoms with Crippen molar-refractivity contribution in [3.63, 3.8) is 0 Å². The third kappa shape index (κ3) is 7.51. The normalized spacial score (nSPS) is 15.9. The van der Waals surface area contributed by atoms with E-state index in [1.54, 1.807) is 24.5 Å². The maximum Gasteiger partial charge on any atom is 0.255 e. The van der Waals surface area contributed by atoms with Crippen molar-refractivity contribution in [1.82, 2.24) is 9.88 Å². The number of pyridine rings is 1. The summed E-state index contributed by atoms with van der Waals surface area (Å²) in [6, 6.07) is 18.2. The third-order valence-corrected chi connectivity index (χ3v) is 8.04. The molecule has 1 saturated carbocycles. The number of ether oxygens (including phenoxy) is 1. The third-order valence-electron chi connectivity index (χ3n) is 8.04. The molecule has 0 spiro atoms. The fraction of sp³-hybridized carbons (Fsp3) is 0.424. The smallest absolute Gasteiger partial charge is 0.255 e. The second-order valence-corrected chi connectivity index (χ2v) is 11.0. The Hall–Kier alpha value is -3.75. The van der Waals surface area contributed by atoms with Crippen molar-refractivity contribution in [1.29, 1.82) is 0 Å². The lowest BCUT2D eigenvalue weighted by molar-refractivity contribution is -0.120. The first-order chi connectivity index (χ1) is 20.1. The predicted octanol–water partition coefficient (Wildman–Crippen LogP) is 5.10. The van der Waals surface area contributed by atoms with Crippen molar-refractivity contribution >= 4 is 23.2 Å². The van der Waals surface area contributed by atoms with Gasteiger partial charge in [0.05, 0.1) is 30.2 Å². The topological polar surface area (TPSA) is 101 Å². The highest BCUT2D eigenvalue weighted by molar-refractivity contribution is 5.97. The van der Waals surface area contributed by atoms with Gasteiger partial charge in [-0.1, -0.05) is 43.5 Å². The lowest BCUT2D eigenvalue weighted by Crippen LogP contribution is -2.37. The van der Waals surface area contributed by atoms with E-state index < -0.39 is 0 Å². The van der Waals surface area contributed by atoms with E-state index in [-0.39, 0.29) is 17.7 Å². The minimum atomic E-state index is -0.0560. The van der Waals surface area contributed by atoms with Gasteiger partial charge in [-0.2, -0.15) is 0 Å². The Balaban J connectivity index is 1.40. The number of morpholine rings is 1. The van der Waals surface area contributed by atoms with E-state index in [9.17, 15) is 9.59 Å². The van der Waals surface area contributed by atoms with E-state index >= 15 is 0 Å². The van der Waals surface area contributed by atoms with Crippen molar-refractivity contribution in [3.8, 4) is 11.1 Å². The molecule has 8 nitrogen and oxygen atoms in total. The number of anilines is 2. The van der Waals surface area contributed by atoms with Crippen LogP contribution in [0.1, 0.15) is 54.4 Å². The highest BCUT2D eigenvalue weighted by Crippen LogP contribution is 2.34. The summed E-state index contributed by atoms with van der Waals surface area (Å²) >= 11 is 0. The Labute approximate surface area is 242 Å². The number of hydrogen-bond donors (Lipinski definition) is 2. The van der Waals surface area contributed by atoms with Crippen LogP contribution < -0.4 is 16.0 Å². The first-order valence-corrected chi connectivity index (χ1v) is 14.9. The first kappa shape index (κ1) is 28.8. The van der Waals surface area contributed by atoms with Crippen molar-refractivity contribution in [2.24, 2.45) is 11.7 Å². The summed E-state index contributed by atoms with van der Waals surface area (Å²) in [7, 11) is 0. The molecule has 2 amide bonds. The van der Waals surface area contributed by atoms with Gasteiger partial charge in [-0.05, 0) is 72.8 Å². The molecule has 0 radical (unpaired) electrons. The molecular weight excluding hydrogens is 514 g/mol. The van der Waals surface area contributed by atoms with E-state index in [0.717, 1.165) is 73.3 Å². The largest absolute Gasteiger partial charge is 0.378 e. The van der Waals surface area contributed by atoms with Crippen LogP contribution in [0.5, 0.6) is 0 Å². The van der Waals surface area contributed by atoms with Gasteiger partial charge in [0.2, 0.25) is 5.91 Å². The standard InChI is InChI=1S/C33H41N5O3/c34-14-6-16-38(33(40)29-11-5-15-35-23-29)24-25-7-4-10-27(21-25)28-12-13-31(37-17-19-41-20-18-37)30(22-28)36-32(39)26-8-2-1-3-9-26/h4-5,7,10-13,15,21-23,26H,1-3,6,8-9,14,16-20,24,34H2,(H,36,39). The first-order valence-electron chi connectivity index (χ1n) is 14.9. The maximum absolute atomic E-state index is 13.3. The van der Waals surface area contributed by atoms with E-state index in [0.29, 0.717) is 38.4 Å². The number of nitrogens with zero attached hydrogens (tertiary/aromatic N) is 3. The molecule has 8 heteroatoms. The highest BCUT2D eigenvalue weighted by atomic mass is 16.5. The van der Waals surface area contributed by atoms with Crippen molar-refractivity contribution < 1.29 is 14.3 Å². The molecule has 0 atom stereocenters. The number of nitrogens with two attached hydrogens (primary N) is 1. The lowest BCUT2D eigenvalue weighted by atomic mass is 9.88. The van der Waals surface area contributed by atoms with Gasteiger partial charge in [0.1, 0.15) is 0 Å². The van der Waals surface area contributed by atoms with Crippen LogP contribution in [0, 0.1) is 5.92 Å². The zero-order valence-corrected chi connectivity index (χ0v) is 23.8. The lowest BCUT2D eigenvalue weighted by Gasteiger charge is -2.31. The van der Waals surface area contributed by atoms with Crippen LogP contribution in [0.4, 0.5) is 11.4 Å². The molecule has 3 N–H and O–H groups in total. The van der Waals surface area contributed by atoms with Gasteiger partial charge in [0, 0.05) is 44.5 Å². The van der Waals surface area contributed by atoms with E-state index in [2.05, 4.69) is 45.5 Å². The molecule has 216 valence electrons. The van der Waals surface area contributed by atoms with Crippen LogP contribution >= 0.6 is 0 Å². The summed E-state index contributed by atoms with van der Waals surface area (Å²) in [5, 5.41) is 3.30. The molecule has 2 fully saturated rings. The summed E-state index contributed by atoms with van der Waals surface area (Å²) in [6.07, 6.45) is 9.36.